The van der Waals surface area contributed by atoms with Gasteiger partial charge >= 0.3 is 29.8 Å². The molecule has 0 saturated heterocycles. The molecule has 0 amide bonds. The van der Waals surface area contributed by atoms with Crippen LogP contribution in [0.25, 0.3) is 0 Å². The molecule has 0 bridgehead atoms. The van der Waals surface area contributed by atoms with E-state index in [2.05, 4.69) is 24.4 Å². The molecule has 5 N–H and O–H groups in total. The number of carbonyl (C=O) groups is 5. The highest BCUT2D eigenvalue weighted by Gasteiger charge is 2.61. The molecule has 1 aliphatic carbocycles. The van der Waals surface area contributed by atoms with Crippen molar-refractivity contribution in [2.75, 3.05) is 0 Å². The molecule has 0 aromatic heterocycles. The Kier molecular flexibility index (Phi) is 7.35. The monoisotopic (exact) mass is 384 g/mol. The summed E-state index contributed by atoms with van der Waals surface area (Å²) in [5, 5.41) is 42.7. The maximum atomic E-state index is 11.9. The van der Waals surface area contributed by atoms with Crippen LogP contribution in [0.15, 0.2) is 0 Å². The number of rotatable bonds is 5. The van der Waals surface area contributed by atoms with E-state index in [0.29, 0.717) is 0 Å². The van der Waals surface area contributed by atoms with E-state index in [0.717, 1.165) is 0 Å². The van der Waals surface area contributed by atoms with Gasteiger partial charge in [0.1, 0.15) is 0 Å². The van der Waals surface area contributed by atoms with Gasteiger partial charge in [-0.05, 0) is 6.42 Å². The van der Waals surface area contributed by atoms with Gasteiger partial charge in [0.05, 0.1) is 29.6 Å². The van der Waals surface area contributed by atoms with Crippen LogP contribution in [0.4, 0.5) is 0 Å². The molecule has 0 aromatic rings. The van der Waals surface area contributed by atoms with Gasteiger partial charge in [0.25, 0.3) is 0 Å². The Balaban J connectivity index is 3.60. The van der Waals surface area contributed by atoms with Crippen molar-refractivity contribution in [3.63, 3.8) is 0 Å². The molecule has 1 saturated carbocycles. The third kappa shape index (κ3) is 3.86. The first-order valence-electron chi connectivity index (χ1n) is 6.55. The molecule has 1 fully saturated rings. The fourth-order valence-electron chi connectivity index (χ4n) is 3.01. The topological polar surface area (TPSA) is 233 Å². The van der Waals surface area contributed by atoms with E-state index in [1.165, 1.54) is 0 Å². The van der Waals surface area contributed by atoms with Crippen LogP contribution in [0.3, 0.4) is 0 Å². The highest BCUT2D eigenvalue weighted by Crippen LogP contribution is 2.45. The van der Waals surface area contributed by atoms with Crippen LogP contribution in [0.2, 0.25) is 0 Å². The quantitative estimate of drug-likeness (QED) is 0.207. The van der Waals surface area contributed by atoms with Gasteiger partial charge < -0.3 is 24.4 Å². The lowest BCUT2D eigenvalue weighted by Crippen LogP contribution is -2.54. The number of hydrogen-bond acceptors (Lipinski definition) is 15. The summed E-state index contributed by atoms with van der Waals surface area (Å²) in [5.74, 6) is -18.9. The van der Waals surface area contributed by atoms with Crippen molar-refractivity contribution in [3.05, 3.63) is 0 Å². The van der Waals surface area contributed by atoms with Crippen molar-refractivity contribution < 1.29 is 74.7 Å². The Labute approximate surface area is 141 Å². The Morgan fingerprint density at radius 2 is 0.769 bits per heavy atom. The molecule has 0 radical (unpaired) electrons. The van der Waals surface area contributed by atoms with E-state index >= 15 is 0 Å². The molecule has 15 nitrogen and oxygen atoms in total. The van der Waals surface area contributed by atoms with Crippen molar-refractivity contribution in [2.24, 2.45) is 29.6 Å². The van der Waals surface area contributed by atoms with Crippen molar-refractivity contribution in [3.8, 4) is 0 Å². The first-order valence-corrected chi connectivity index (χ1v) is 6.55. The predicted molar refractivity (Wildman–Crippen MR) is 65.7 cm³/mol. The number of hydrogen-bond donors (Lipinski definition) is 5. The van der Waals surface area contributed by atoms with E-state index in [4.69, 9.17) is 26.3 Å². The molecule has 4 unspecified atom stereocenters. The largest absolute Gasteiger partial charge is 0.346 e. The van der Waals surface area contributed by atoms with Crippen LogP contribution >= 0.6 is 0 Å². The molecule has 0 aliphatic heterocycles. The SMILES string of the molecule is O=C(OO)C1CC(C(=O)OO)C(C(=O)OO)C(C(=O)OO)C1C(=O)OO. The molecule has 1 rings (SSSR count). The van der Waals surface area contributed by atoms with Crippen LogP contribution in [0, 0.1) is 29.6 Å². The van der Waals surface area contributed by atoms with Crippen LogP contribution in [0.1, 0.15) is 6.42 Å². The zero-order valence-corrected chi connectivity index (χ0v) is 12.4. The average molecular weight is 384 g/mol. The summed E-state index contributed by atoms with van der Waals surface area (Å²) in [7, 11) is 0. The Morgan fingerprint density at radius 1 is 0.500 bits per heavy atom. The van der Waals surface area contributed by atoms with E-state index in [9.17, 15) is 24.0 Å². The third-order valence-electron chi connectivity index (χ3n) is 4.02. The molecule has 4 atom stereocenters. The van der Waals surface area contributed by atoms with Crippen molar-refractivity contribution in [2.45, 2.75) is 6.42 Å². The molecule has 146 valence electrons. The molecule has 0 aromatic carbocycles. The summed E-state index contributed by atoms with van der Waals surface area (Å²) in [6, 6.07) is 0. The highest BCUT2D eigenvalue weighted by molar-refractivity contribution is 5.93. The first-order chi connectivity index (χ1) is 12.3. The first kappa shape index (κ1) is 21.2. The third-order valence-corrected chi connectivity index (χ3v) is 4.02. The van der Waals surface area contributed by atoms with Crippen LogP contribution < -0.4 is 0 Å². The summed E-state index contributed by atoms with van der Waals surface area (Å²) in [5.41, 5.74) is 0. The predicted octanol–water partition coefficient (Wildman–Crippen LogP) is -1.45. The van der Waals surface area contributed by atoms with Gasteiger partial charge in [-0.2, -0.15) is 26.3 Å². The minimum Gasteiger partial charge on any atom is -0.301 e. The van der Waals surface area contributed by atoms with Crippen LogP contribution in [-0.4, -0.2) is 56.1 Å². The standard InChI is InChI=1S/C11H12O15/c12-7(22-17)2-1-3(8(13)23-18)5(10(15)25-20)6(11(16)26-21)4(2)9(14)24-19/h2-6,17-21H,1H2. The van der Waals surface area contributed by atoms with Crippen molar-refractivity contribution in [1.29, 1.82) is 0 Å². The zero-order chi connectivity index (χ0) is 20.0. The van der Waals surface area contributed by atoms with E-state index < -0.39 is 65.9 Å². The normalized spacial score (nSPS) is 27.7. The summed E-state index contributed by atoms with van der Waals surface area (Å²) in [4.78, 5) is 76.0. The lowest BCUT2D eigenvalue weighted by molar-refractivity contribution is -0.274. The lowest BCUT2D eigenvalue weighted by atomic mass is 9.61. The van der Waals surface area contributed by atoms with Gasteiger partial charge in [-0.25, -0.2) is 24.0 Å². The van der Waals surface area contributed by atoms with Gasteiger partial charge in [-0.1, -0.05) is 0 Å². The molecule has 1 aliphatic rings. The van der Waals surface area contributed by atoms with Gasteiger partial charge in [0, 0.05) is 0 Å². The fraction of sp³-hybridized carbons (Fsp3) is 0.545. The average Bonchev–Trinajstić information content (AvgIpc) is 2.68. The summed E-state index contributed by atoms with van der Waals surface area (Å²) >= 11 is 0. The minimum atomic E-state index is -2.28. The number of carbonyl (C=O) groups excluding carboxylic acids is 5. The van der Waals surface area contributed by atoms with Crippen LogP contribution in [-0.2, 0) is 48.4 Å². The molecule has 0 heterocycles. The van der Waals surface area contributed by atoms with Crippen molar-refractivity contribution in [1.82, 2.24) is 0 Å². The van der Waals surface area contributed by atoms with Gasteiger partial charge in [0.15, 0.2) is 0 Å². The second kappa shape index (κ2) is 9.02. The van der Waals surface area contributed by atoms with E-state index in [1.54, 1.807) is 0 Å². The lowest BCUT2D eigenvalue weighted by Gasteiger charge is -2.39. The zero-order valence-electron chi connectivity index (χ0n) is 12.4. The maximum Gasteiger partial charge on any atom is 0.346 e. The maximum absolute atomic E-state index is 11.9. The van der Waals surface area contributed by atoms with E-state index in [1.807, 2.05) is 0 Å². The highest BCUT2D eigenvalue weighted by atomic mass is 17.1. The summed E-state index contributed by atoms with van der Waals surface area (Å²) in [6.45, 7) is 0. The second-order valence-corrected chi connectivity index (χ2v) is 5.08. The minimum absolute atomic E-state index is 0.881. The Bertz CT molecular complexity index is 542. The summed E-state index contributed by atoms with van der Waals surface area (Å²) < 4.78 is 0. The van der Waals surface area contributed by atoms with Crippen LogP contribution in [0.5, 0.6) is 0 Å². The van der Waals surface area contributed by atoms with Gasteiger partial charge in [0.2, 0.25) is 0 Å². The molecule has 15 heteroatoms. The van der Waals surface area contributed by atoms with Gasteiger partial charge in [-0.3, -0.25) is 0 Å². The van der Waals surface area contributed by atoms with Crippen molar-refractivity contribution >= 4 is 29.8 Å². The van der Waals surface area contributed by atoms with E-state index in [-0.39, 0.29) is 0 Å². The second-order valence-electron chi connectivity index (χ2n) is 5.08. The fourth-order valence-corrected chi connectivity index (χ4v) is 3.01. The molecular formula is C11H12O15. The summed E-state index contributed by atoms with van der Waals surface area (Å²) in [6.07, 6.45) is -0.881. The molecule has 26 heavy (non-hydrogen) atoms. The molecular weight excluding hydrogens is 372 g/mol. The smallest absolute Gasteiger partial charge is 0.301 e. The molecule has 0 spiro atoms. The Hall–Kier alpha value is -2.85. The van der Waals surface area contributed by atoms with Gasteiger partial charge in [-0.15, -0.1) is 0 Å². The Morgan fingerprint density at radius 3 is 1.04 bits per heavy atom.